The minimum atomic E-state index is -1.83. The monoisotopic (exact) mass is 700 g/mol. The van der Waals surface area contributed by atoms with Crippen molar-refractivity contribution in [3.63, 3.8) is 0 Å². The van der Waals surface area contributed by atoms with Crippen molar-refractivity contribution in [1.29, 1.82) is 0 Å². The van der Waals surface area contributed by atoms with Gasteiger partial charge in [0.1, 0.15) is 0 Å². The Hall–Kier alpha value is -3.53. The van der Waals surface area contributed by atoms with Crippen molar-refractivity contribution in [1.82, 2.24) is 0 Å². The fraction of sp³-hybridized carbons (Fsp3) is 0.143. The van der Waals surface area contributed by atoms with Gasteiger partial charge in [-0.1, -0.05) is 27.7 Å². The van der Waals surface area contributed by atoms with Gasteiger partial charge in [0.2, 0.25) is 0 Å². The topological polar surface area (TPSA) is 0 Å². The molecule has 0 aliphatic carbocycles. The van der Waals surface area contributed by atoms with E-state index in [9.17, 15) is 70.2 Å². The largest absolute Gasteiger partial charge is 4.00 e. The van der Waals surface area contributed by atoms with Crippen molar-refractivity contribution < 1.29 is 92.0 Å². The average Bonchev–Trinajstić information content (AvgIpc) is 2.97. The molecule has 0 heterocycles. The summed E-state index contributed by atoms with van der Waals surface area (Å²) in [6, 6.07) is 6.76. The van der Waals surface area contributed by atoms with Gasteiger partial charge >= 0.3 is 21.7 Å². The Balaban J connectivity index is 0.000000569. The quantitative estimate of drug-likeness (QED) is 0.0564. The number of hydrogen-bond donors (Lipinski definition) is 0. The SMILES string of the molecule is Cc1[c-]c(F)c(F)c(F)c1F.Cc1[c-]c(F)c(F)c(F)c1F.Cc1[c-]c(F)c(F)c(F)c1F.Cc1[c-]c(F)c(F)c(F)c1F.[Ti+4]. The summed E-state index contributed by atoms with van der Waals surface area (Å²) in [6.45, 7) is 4.39. The molecule has 0 radical (unpaired) electrons. The molecule has 0 aliphatic rings. The summed E-state index contributed by atoms with van der Waals surface area (Å²) in [6.07, 6.45) is 0. The molecule has 0 unspecified atom stereocenters. The Morgan fingerprint density at radius 3 is 0.511 bits per heavy atom. The molecular formula is C28H12F16Ti. The molecular weight excluding hydrogens is 688 g/mol. The second-order valence-electron chi connectivity index (χ2n) is 8.02. The first-order valence-electron chi connectivity index (χ1n) is 11.0. The predicted octanol–water partition coefficient (Wildman–Crippen LogP) is 9.40. The Morgan fingerprint density at radius 2 is 0.378 bits per heavy atom. The molecule has 0 amide bonds. The molecule has 0 aliphatic heterocycles. The zero-order chi connectivity index (χ0) is 34.4. The zero-order valence-electron chi connectivity index (χ0n) is 22.5. The van der Waals surface area contributed by atoms with Gasteiger partial charge < -0.3 is 0 Å². The molecule has 0 saturated heterocycles. The third-order valence-corrected chi connectivity index (χ3v) is 4.82. The van der Waals surface area contributed by atoms with Crippen LogP contribution in [0.2, 0.25) is 0 Å². The number of halogens is 16. The van der Waals surface area contributed by atoms with Crippen molar-refractivity contribution in [3.05, 3.63) is 140 Å². The Labute approximate surface area is 259 Å². The number of aryl methyl sites for hydroxylation is 4. The third-order valence-electron chi connectivity index (χ3n) is 4.82. The van der Waals surface area contributed by atoms with Crippen LogP contribution in [0.15, 0.2) is 0 Å². The van der Waals surface area contributed by atoms with Crippen molar-refractivity contribution in [3.8, 4) is 0 Å². The Bertz CT molecular complexity index is 1320. The minimum Gasteiger partial charge on any atom is -0.281 e. The molecule has 4 rings (SSSR count). The normalized spacial score (nSPS) is 10.0. The zero-order valence-corrected chi connectivity index (χ0v) is 24.1. The second-order valence-corrected chi connectivity index (χ2v) is 8.02. The van der Waals surface area contributed by atoms with Gasteiger partial charge in [0.25, 0.3) is 0 Å². The van der Waals surface area contributed by atoms with Gasteiger partial charge in [-0.2, -0.15) is 0 Å². The van der Waals surface area contributed by atoms with Crippen LogP contribution < -0.4 is 0 Å². The molecule has 0 saturated carbocycles. The van der Waals surface area contributed by atoms with Crippen molar-refractivity contribution in [2.45, 2.75) is 27.7 Å². The predicted molar refractivity (Wildman–Crippen MR) is 119 cm³/mol. The van der Waals surface area contributed by atoms with Crippen LogP contribution in [0.4, 0.5) is 70.2 Å². The van der Waals surface area contributed by atoms with Crippen LogP contribution in [0, 0.1) is 145 Å². The summed E-state index contributed by atoms with van der Waals surface area (Å²) < 4.78 is 196. The molecule has 0 fully saturated rings. The van der Waals surface area contributed by atoms with E-state index < -0.39 is 93.1 Å². The first-order valence-corrected chi connectivity index (χ1v) is 11.0. The van der Waals surface area contributed by atoms with Crippen molar-refractivity contribution in [2.24, 2.45) is 0 Å². The molecule has 45 heavy (non-hydrogen) atoms. The number of rotatable bonds is 0. The summed E-state index contributed by atoms with van der Waals surface area (Å²) in [5.74, 6) is -26.1. The van der Waals surface area contributed by atoms with E-state index in [0.717, 1.165) is 27.7 Å². The molecule has 0 aromatic heterocycles. The molecule has 17 heteroatoms. The fourth-order valence-electron chi connectivity index (χ4n) is 2.53. The minimum absolute atomic E-state index is 0. The van der Waals surface area contributed by atoms with Gasteiger partial charge in [0.05, 0.1) is 46.5 Å². The molecule has 4 aromatic rings. The molecule has 0 N–H and O–H groups in total. The summed E-state index contributed by atoms with van der Waals surface area (Å²) in [4.78, 5) is 0. The van der Waals surface area contributed by atoms with E-state index in [0.29, 0.717) is 0 Å². The number of benzene rings is 4. The van der Waals surface area contributed by atoms with Crippen molar-refractivity contribution >= 4 is 0 Å². The van der Waals surface area contributed by atoms with Gasteiger partial charge in [-0.05, 0) is 0 Å². The van der Waals surface area contributed by atoms with Crippen LogP contribution in [0.3, 0.4) is 0 Å². The summed E-state index contributed by atoms with van der Waals surface area (Å²) in [5, 5.41) is 0. The maximum Gasteiger partial charge on any atom is 4.00 e. The van der Waals surface area contributed by atoms with E-state index in [1.54, 1.807) is 24.3 Å². The van der Waals surface area contributed by atoms with Gasteiger partial charge in [0, 0.05) is 46.5 Å². The second kappa shape index (κ2) is 17.2. The van der Waals surface area contributed by atoms with E-state index in [2.05, 4.69) is 0 Å². The van der Waals surface area contributed by atoms with Crippen molar-refractivity contribution in [2.75, 3.05) is 0 Å². The van der Waals surface area contributed by atoms with Gasteiger partial charge in [-0.3, -0.25) is 35.1 Å². The van der Waals surface area contributed by atoms with E-state index >= 15 is 0 Å². The molecule has 240 valence electrons. The average molecular weight is 700 g/mol. The first-order chi connectivity index (χ1) is 20.1. The van der Waals surface area contributed by atoms with Crippen LogP contribution in [-0.2, 0) is 21.7 Å². The van der Waals surface area contributed by atoms with E-state index in [1.807, 2.05) is 0 Å². The van der Waals surface area contributed by atoms with Crippen LogP contribution >= 0.6 is 0 Å². The standard InChI is InChI=1S/4C7H3F4.Ti/c4*1-3-2-4(8)6(10)7(11)5(3)9;/h4*1H3;/q4*-1;+4. The Morgan fingerprint density at radius 1 is 0.244 bits per heavy atom. The summed E-state index contributed by atoms with van der Waals surface area (Å²) >= 11 is 0. The van der Waals surface area contributed by atoms with Crippen LogP contribution in [0.1, 0.15) is 22.3 Å². The molecule has 0 bridgehead atoms. The third kappa shape index (κ3) is 10.2. The molecule has 0 atom stereocenters. The molecule has 0 nitrogen and oxygen atoms in total. The van der Waals surface area contributed by atoms with Crippen LogP contribution in [0.25, 0.3) is 0 Å². The Kier molecular flexibility index (Phi) is 15.9. The summed E-state index contributed by atoms with van der Waals surface area (Å²) in [5.41, 5.74) is -1.49. The molecule has 0 spiro atoms. The smallest absolute Gasteiger partial charge is 0.281 e. The van der Waals surface area contributed by atoms with E-state index in [4.69, 9.17) is 0 Å². The van der Waals surface area contributed by atoms with Gasteiger partial charge in [0.15, 0.2) is 0 Å². The number of hydrogen-bond acceptors (Lipinski definition) is 0. The van der Waals surface area contributed by atoms with E-state index in [-0.39, 0.29) is 44.0 Å². The maximum absolute atomic E-state index is 12.4. The van der Waals surface area contributed by atoms with Crippen LogP contribution in [0.5, 0.6) is 0 Å². The van der Waals surface area contributed by atoms with Gasteiger partial charge in [-0.25, -0.2) is 35.1 Å². The molecule has 4 aromatic carbocycles. The van der Waals surface area contributed by atoms with E-state index in [1.165, 1.54) is 0 Å². The fourth-order valence-corrected chi connectivity index (χ4v) is 2.53. The maximum atomic E-state index is 12.4. The van der Waals surface area contributed by atoms with Gasteiger partial charge in [-0.15, -0.1) is 46.5 Å². The summed E-state index contributed by atoms with van der Waals surface area (Å²) in [7, 11) is 0. The first kappa shape index (κ1) is 41.5. The van der Waals surface area contributed by atoms with Crippen LogP contribution in [-0.4, -0.2) is 0 Å².